The van der Waals surface area contributed by atoms with Crippen molar-refractivity contribution >= 4 is 5.91 Å². The maximum atomic E-state index is 12.1. The number of hydrogen-bond acceptors (Lipinski definition) is 2. The molecule has 3 nitrogen and oxygen atoms in total. The molecule has 1 fully saturated rings. The number of nitrogens with zero attached hydrogens (tertiary/aromatic N) is 1. The van der Waals surface area contributed by atoms with Crippen LogP contribution in [0, 0.1) is 6.92 Å². The number of amides is 1. The number of carbonyl (C=O) groups is 1. The van der Waals surface area contributed by atoms with E-state index >= 15 is 0 Å². The Labute approximate surface area is 95.7 Å². The molecule has 0 aliphatic heterocycles. The van der Waals surface area contributed by atoms with Crippen LogP contribution in [0.1, 0.15) is 35.2 Å². The van der Waals surface area contributed by atoms with Gasteiger partial charge in [0.1, 0.15) is 5.75 Å². The van der Waals surface area contributed by atoms with E-state index in [0.29, 0.717) is 11.6 Å². The second-order valence-corrected chi connectivity index (χ2v) is 4.47. The van der Waals surface area contributed by atoms with Crippen molar-refractivity contribution in [3.63, 3.8) is 0 Å². The van der Waals surface area contributed by atoms with Gasteiger partial charge in [0.25, 0.3) is 5.91 Å². The summed E-state index contributed by atoms with van der Waals surface area (Å²) in [5.41, 5.74) is 1.15. The Balaban J connectivity index is 2.22. The number of carbonyl (C=O) groups excluding carboxylic acids is 1. The maximum Gasteiger partial charge on any atom is 0.257 e. The summed E-state index contributed by atoms with van der Waals surface area (Å²) in [7, 11) is 1.81. The Kier molecular flexibility index (Phi) is 2.86. The number of rotatable bonds is 2. The SMILES string of the molecule is Cc1cccc(C(=O)N(C)C2CCC2)c1O. The summed E-state index contributed by atoms with van der Waals surface area (Å²) in [6.45, 7) is 1.80. The van der Waals surface area contributed by atoms with Crippen LogP contribution in [0.5, 0.6) is 5.75 Å². The molecule has 0 spiro atoms. The van der Waals surface area contributed by atoms with Gasteiger partial charge in [0, 0.05) is 13.1 Å². The molecule has 1 aromatic carbocycles. The highest BCUT2D eigenvalue weighted by Gasteiger charge is 2.27. The largest absolute Gasteiger partial charge is 0.507 e. The summed E-state index contributed by atoms with van der Waals surface area (Å²) in [6, 6.07) is 5.64. The lowest BCUT2D eigenvalue weighted by atomic mass is 9.91. The zero-order valence-electron chi connectivity index (χ0n) is 9.73. The lowest BCUT2D eigenvalue weighted by molar-refractivity contribution is 0.0649. The van der Waals surface area contributed by atoms with E-state index in [9.17, 15) is 9.90 Å². The normalized spacial score (nSPS) is 15.6. The van der Waals surface area contributed by atoms with Crippen LogP contribution in [0.15, 0.2) is 18.2 Å². The summed E-state index contributed by atoms with van der Waals surface area (Å²) < 4.78 is 0. The second kappa shape index (κ2) is 4.16. The molecule has 16 heavy (non-hydrogen) atoms. The Hall–Kier alpha value is -1.51. The van der Waals surface area contributed by atoms with Crippen molar-refractivity contribution < 1.29 is 9.90 Å². The van der Waals surface area contributed by atoms with Crippen LogP contribution in [-0.2, 0) is 0 Å². The van der Waals surface area contributed by atoms with Crippen LogP contribution in [0.3, 0.4) is 0 Å². The third-order valence-corrected chi connectivity index (χ3v) is 3.41. The highest BCUT2D eigenvalue weighted by molar-refractivity contribution is 5.97. The third-order valence-electron chi connectivity index (χ3n) is 3.41. The predicted molar refractivity (Wildman–Crippen MR) is 62.6 cm³/mol. The first-order chi connectivity index (χ1) is 7.61. The van der Waals surface area contributed by atoms with Gasteiger partial charge in [-0.25, -0.2) is 0 Å². The van der Waals surface area contributed by atoms with Gasteiger partial charge in [-0.1, -0.05) is 12.1 Å². The lowest BCUT2D eigenvalue weighted by Gasteiger charge is -2.34. The van der Waals surface area contributed by atoms with Crippen LogP contribution < -0.4 is 0 Å². The average Bonchev–Trinajstić information content (AvgIpc) is 2.18. The molecule has 0 unspecified atom stereocenters. The van der Waals surface area contributed by atoms with E-state index in [-0.39, 0.29) is 11.7 Å². The van der Waals surface area contributed by atoms with Gasteiger partial charge in [0.05, 0.1) is 5.56 Å². The number of aromatic hydroxyl groups is 1. The Morgan fingerprint density at radius 2 is 2.12 bits per heavy atom. The van der Waals surface area contributed by atoms with Gasteiger partial charge < -0.3 is 10.0 Å². The predicted octanol–water partition coefficient (Wildman–Crippen LogP) is 2.33. The highest BCUT2D eigenvalue weighted by atomic mass is 16.3. The van der Waals surface area contributed by atoms with Gasteiger partial charge in [-0.05, 0) is 37.8 Å². The zero-order valence-corrected chi connectivity index (χ0v) is 9.73. The maximum absolute atomic E-state index is 12.1. The average molecular weight is 219 g/mol. The number of aryl methyl sites for hydroxylation is 1. The molecule has 2 rings (SSSR count). The first-order valence-corrected chi connectivity index (χ1v) is 5.67. The second-order valence-electron chi connectivity index (χ2n) is 4.47. The lowest BCUT2D eigenvalue weighted by Crippen LogP contribution is -2.41. The Morgan fingerprint density at radius 1 is 1.44 bits per heavy atom. The van der Waals surface area contributed by atoms with E-state index in [1.165, 1.54) is 6.42 Å². The number of hydrogen-bond donors (Lipinski definition) is 1. The fraction of sp³-hybridized carbons (Fsp3) is 0.462. The molecular formula is C13H17NO2. The van der Waals surface area contributed by atoms with Crippen LogP contribution in [0.25, 0.3) is 0 Å². The Morgan fingerprint density at radius 3 is 2.69 bits per heavy atom. The number of benzene rings is 1. The van der Waals surface area contributed by atoms with E-state index in [0.717, 1.165) is 18.4 Å². The monoisotopic (exact) mass is 219 g/mol. The van der Waals surface area contributed by atoms with Crippen molar-refractivity contribution in [3.8, 4) is 5.75 Å². The number of phenolic OH excluding ortho intramolecular Hbond substituents is 1. The Bertz CT molecular complexity index is 410. The molecular weight excluding hydrogens is 202 g/mol. The summed E-state index contributed by atoms with van der Waals surface area (Å²) in [6.07, 6.45) is 3.35. The molecule has 0 radical (unpaired) electrons. The quantitative estimate of drug-likeness (QED) is 0.829. The van der Waals surface area contributed by atoms with Gasteiger partial charge in [0.15, 0.2) is 0 Å². The van der Waals surface area contributed by atoms with Crippen LogP contribution >= 0.6 is 0 Å². The summed E-state index contributed by atoms with van der Waals surface area (Å²) in [4.78, 5) is 13.9. The topological polar surface area (TPSA) is 40.5 Å². The molecule has 1 aliphatic carbocycles. The van der Waals surface area contributed by atoms with Crippen LogP contribution in [0.2, 0.25) is 0 Å². The molecule has 1 amide bonds. The smallest absolute Gasteiger partial charge is 0.257 e. The molecule has 0 bridgehead atoms. The first kappa shape index (κ1) is 11.0. The van der Waals surface area contributed by atoms with Gasteiger partial charge in [-0.3, -0.25) is 4.79 Å². The summed E-state index contributed by atoms with van der Waals surface area (Å²) >= 11 is 0. The van der Waals surface area contributed by atoms with Crippen molar-refractivity contribution in [2.75, 3.05) is 7.05 Å². The molecule has 86 valence electrons. The number of para-hydroxylation sites is 1. The van der Waals surface area contributed by atoms with Crippen molar-refractivity contribution in [1.82, 2.24) is 4.90 Å². The minimum absolute atomic E-state index is 0.0779. The minimum atomic E-state index is -0.0779. The minimum Gasteiger partial charge on any atom is -0.507 e. The molecule has 0 saturated heterocycles. The summed E-state index contributed by atoms with van der Waals surface area (Å²) in [5.74, 6) is 0.0320. The van der Waals surface area contributed by atoms with E-state index in [1.54, 1.807) is 30.0 Å². The van der Waals surface area contributed by atoms with E-state index in [2.05, 4.69) is 0 Å². The van der Waals surface area contributed by atoms with Crippen molar-refractivity contribution in [2.45, 2.75) is 32.2 Å². The standard InChI is InChI=1S/C13H17NO2/c1-9-5-3-8-11(12(9)15)13(16)14(2)10-6-4-7-10/h3,5,8,10,15H,4,6-7H2,1-2H3. The molecule has 1 N–H and O–H groups in total. The molecule has 1 aromatic rings. The van der Waals surface area contributed by atoms with Crippen LogP contribution in [0.4, 0.5) is 0 Å². The van der Waals surface area contributed by atoms with Gasteiger partial charge in [-0.2, -0.15) is 0 Å². The molecule has 3 heteroatoms. The first-order valence-electron chi connectivity index (χ1n) is 5.67. The van der Waals surface area contributed by atoms with Gasteiger partial charge >= 0.3 is 0 Å². The number of phenols is 1. The molecule has 0 heterocycles. The van der Waals surface area contributed by atoms with Crippen molar-refractivity contribution in [1.29, 1.82) is 0 Å². The van der Waals surface area contributed by atoms with E-state index in [1.807, 2.05) is 7.05 Å². The molecule has 0 aromatic heterocycles. The molecule has 1 saturated carbocycles. The van der Waals surface area contributed by atoms with Crippen molar-refractivity contribution in [3.05, 3.63) is 29.3 Å². The third kappa shape index (κ3) is 1.77. The van der Waals surface area contributed by atoms with Gasteiger partial charge in [-0.15, -0.1) is 0 Å². The summed E-state index contributed by atoms with van der Waals surface area (Å²) in [5, 5.41) is 9.84. The van der Waals surface area contributed by atoms with E-state index < -0.39 is 0 Å². The van der Waals surface area contributed by atoms with Crippen LogP contribution in [-0.4, -0.2) is 29.0 Å². The molecule has 1 aliphatic rings. The zero-order chi connectivity index (χ0) is 11.7. The fourth-order valence-electron chi connectivity index (χ4n) is 1.96. The van der Waals surface area contributed by atoms with E-state index in [4.69, 9.17) is 0 Å². The fourth-order valence-corrected chi connectivity index (χ4v) is 1.96. The molecule has 0 atom stereocenters. The highest BCUT2D eigenvalue weighted by Crippen LogP contribution is 2.28. The van der Waals surface area contributed by atoms with Gasteiger partial charge in [0.2, 0.25) is 0 Å². The van der Waals surface area contributed by atoms with Crippen molar-refractivity contribution in [2.24, 2.45) is 0 Å².